The summed E-state index contributed by atoms with van der Waals surface area (Å²) in [5, 5.41) is 3.47. The molecule has 0 radical (unpaired) electrons. The number of rotatable bonds is 5. The molecule has 1 atom stereocenters. The summed E-state index contributed by atoms with van der Waals surface area (Å²) in [4.78, 5) is 0. The largest absolute Gasteiger partial charge is 0.496 e. The van der Waals surface area contributed by atoms with Gasteiger partial charge in [-0.15, -0.1) is 0 Å². The van der Waals surface area contributed by atoms with Gasteiger partial charge in [0.05, 0.1) is 7.11 Å². The lowest BCUT2D eigenvalue weighted by Crippen LogP contribution is -2.24. The normalized spacial score (nSPS) is 12.5. The highest BCUT2D eigenvalue weighted by Crippen LogP contribution is 2.19. The highest BCUT2D eigenvalue weighted by molar-refractivity contribution is 5.36. The van der Waals surface area contributed by atoms with E-state index in [1.54, 1.807) is 7.11 Å². The third kappa shape index (κ3) is 3.56. The Labute approximate surface area is 92.6 Å². The van der Waals surface area contributed by atoms with Crippen molar-refractivity contribution in [3.63, 3.8) is 0 Å². The van der Waals surface area contributed by atoms with Crippen molar-refractivity contribution in [2.24, 2.45) is 0 Å². The average Bonchev–Trinajstić information content (AvgIpc) is 2.26. The van der Waals surface area contributed by atoms with Crippen LogP contribution in [0.5, 0.6) is 5.75 Å². The first-order valence-electron chi connectivity index (χ1n) is 5.54. The molecule has 0 fully saturated rings. The summed E-state index contributed by atoms with van der Waals surface area (Å²) in [6, 6.07) is 6.83. The van der Waals surface area contributed by atoms with Crippen LogP contribution in [0.2, 0.25) is 0 Å². The van der Waals surface area contributed by atoms with E-state index in [2.05, 4.69) is 38.2 Å². The third-order valence-corrected chi connectivity index (χ3v) is 2.69. The molecule has 1 rings (SSSR count). The minimum Gasteiger partial charge on any atom is -0.496 e. The topological polar surface area (TPSA) is 21.3 Å². The van der Waals surface area contributed by atoms with Crippen LogP contribution < -0.4 is 10.1 Å². The zero-order valence-corrected chi connectivity index (χ0v) is 10.1. The first kappa shape index (κ1) is 12.1. The third-order valence-electron chi connectivity index (χ3n) is 2.69. The molecule has 0 aliphatic rings. The highest BCUT2D eigenvalue weighted by Gasteiger charge is 2.04. The molecule has 2 heteroatoms. The van der Waals surface area contributed by atoms with Crippen molar-refractivity contribution in [1.29, 1.82) is 0 Å². The van der Waals surface area contributed by atoms with Crippen LogP contribution in [0, 0.1) is 6.92 Å². The molecule has 0 aliphatic carbocycles. The van der Waals surface area contributed by atoms with E-state index < -0.39 is 0 Å². The Hall–Kier alpha value is -1.02. The molecule has 0 heterocycles. The van der Waals surface area contributed by atoms with E-state index in [9.17, 15) is 0 Å². The fraction of sp³-hybridized carbons (Fsp3) is 0.538. The van der Waals surface area contributed by atoms with Gasteiger partial charge >= 0.3 is 0 Å². The summed E-state index contributed by atoms with van der Waals surface area (Å²) < 4.78 is 5.33. The standard InChI is InChI=1S/C13H21NO/c1-5-11(3)14-9-12-8-10(2)6-7-13(12)15-4/h6-8,11,14H,5,9H2,1-4H3/t11-/m1/s1. The summed E-state index contributed by atoms with van der Waals surface area (Å²) in [6.07, 6.45) is 1.15. The van der Waals surface area contributed by atoms with Crippen molar-refractivity contribution in [2.75, 3.05) is 7.11 Å². The summed E-state index contributed by atoms with van der Waals surface area (Å²) in [7, 11) is 1.72. The Morgan fingerprint density at radius 1 is 1.40 bits per heavy atom. The fourth-order valence-corrected chi connectivity index (χ4v) is 1.47. The summed E-state index contributed by atoms with van der Waals surface area (Å²) in [5.74, 6) is 0.969. The van der Waals surface area contributed by atoms with E-state index >= 15 is 0 Å². The van der Waals surface area contributed by atoms with Crippen LogP contribution in [0.4, 0.5) is 0 Å². The second-order valence-electron chi connectivity index (χ2n) is 4.01. The number of hydrogen-bond acceptors (Lipinski definition) is 2. The molecule has 84 valence electrons. The van der Waals surface area contributed by atoms with E-state index in [-0.39, 0.29) is 0 Å². The van der Waals surface area contributed by atoms with Gasteiger partial charge in [0, 0.05) is 18.2 Å². The number of ether oxygens (including phenoxy) is 1. The molecule has 1 N–H and O–H groups in total. The Morgan fingerprint density at radius 3 is 2.73 bits per heavy atom. The number of methoxy groups -OCH3 is 1. The zero-order chi connectivity index (χ0) is 11.3. The van der Waals surface area contributed by atoms with Gasteiger partial charge in [0.25, 0.3) is 0 Å². The molecular weight excluding hydrogens is 186 g/mol. The first-order valence-corrected chi connectivity index (χ1v) is 5.54. The molecule has 0 amide bonds. The molecular formula is C13H21NO. The predicted molar refractivity (Wildman–Crippen MR) is 64.3 cm³/mol. The lowest BCUT2D eigenvalue weighted by molar-refractivity contribution is 0.405. The van der Waals surface area contributed by atoms with Crippen LogP contribution >= 0.6 is 0 Å². The van der Waals surface area contributed by atoms with E-state index in [0.717, 1.165) is 18.7 Å². The monoisotopic (exact) mass is 207 g/mol. The molecule has 1 aromatic carbocycles. The van der Waals surface area contributed by atoms with E-state index in [1.807, 2.05) is 6.07 Å². The molecule has 0 saturated heterocycles. The maximum atomic E-state index is 5.33. The fourth-order valence-electron chi connectivity index (χ4n) is 1.47. The van der Waals surface area contributed by atoms with Crippen molar-refractivity contribution in [2.45, 2.75) is 39.8 Å². The van der Waals surface area contributed by atoms with Crippen LogP contribution in [-0.4, -0.2) is 13.2 Å². The zero-order valence-electron chi connectivity index (χ0n) is 10.1. The molecule has 1 aromatic rings. The molecule has 0 unspecified atom stereocenters. The quantitative estimate of drug-likeness (QED) is 0.801. The van der Waals surface area contributed by atoms with Crippen molar-refractivity contribution < 1.29 is 4.74 Å². The van der Waals surface area contributed by atoms with Crippen LogP contribution in [-0.2, 0) is 6.54 Å². The minimum atomic E-state index is 0.551. The van der Waals surface area contributed by atoms with Crippen molar-refractivity contribution >= 4 is 0 Å². The number of hydrogen-bond donors (Lipinski definition) is 1. The van der Waals surface area contributed by atoms with Gasteiger partial charge in [-0.05, 0) is 26.3 Å². The van der Waals surface area contributed by atoms with Gasteiger partial charge in [0.15, 0.2) is 0 Å². The maximum absolute atomic E-state index is 5.33. The second-order valence-corrected chi connectivity index (χ2v) is 4.01. The Bertz CT molecular complexity index is 309. The van der Waals surface area contributed by atoms with E-state index in [0.29, 0.717) is 6.04 Å². The molecule has 0 spiro atoms. The summed E-state index contributed by atoms with van der Waals surface area (Å²) in [6.45, 7) is 7.36. The van der Waals surface area contributed by atoms with Gasteiger partial charge < -0.3 is 10.1 Å². The number of aryl methyl sites for hydroxylation is 1. The van der Waals surface area contributed by atoms with Crippen molar-refractivity contribution in [3.8, 4) is 5.75 Å². The number of benzene rings is 1. The minimum absolute atomic E-state index is 0.551. The van der Waals surface area contributed by atoms with Gasteiger partial charge in [-0.1, -0.05) is 24.6 Å². The van der Waals surface area contributed by atoms with Crippen LogP contribution in [0.3, 0.4) is 0 Å². The predicted octanol–water partition coefficient (Wildman–Crippen LogP) is 2.89. The molecule has 0 aliphatic heterocycles. The van der Waals surface area contributed by atoms with E-state index in [1.165, 1.54) is 11.1 Å². The van der Waals surface area contributed by atoms with Gasteiger partial charge in [-0.3, -0.25) is 0 Å². The van der Waals surface area contributed by atoms with Gasteiger partial charge in [0.2, 0.25) is 0 Å². The summed E-state index contributed by atoms with van der Waals surface area (Å²) >= 11 is 0. The lowest BCUT2D eigenvalue weighted by atomic mass is 10.1. The number of nitrogens with one attached hydrogen (secondary N) is 1. The maximum Gasteiger partial charge on any atom is 0.123 e. The Kier molecular flexibility index (Phi) is 4.63. The van der Waals surface area contributed by atoms with Gasteiger partial charge in [-0.25, -0.2) is 0 Å². The Balaban J connectivity index is 2.69. The SMILES string of the molecule is CC[C@@H](C)NCc1cc(C)ccc1OC. The van der Waals surface area contributed by atoms with Gasteiger partial charge in [-0.2, -0.15) is 0 Å². The summed E-state index contributed by atoms with van der Waals surface area (Å²) in [5.41, 5.74) is 2.51. The van der Waals surface area contributed by atoms with Crippen LogP contribution in [0.15, 0.2) is 18.2 Å². The first-order chi connectivity index (χ1) is 7.17. The smallest absolute Gasteiger partial charge is 0.123 e. The molecule has 15 heavy (non-hydrogen) atoms. The highest BCUT2D eigenvalue weighted by atomic mass is 16.5. The van der Waals surface area contributed by atoms with Crippen molar-refractivity contribution in [1.82, 2.24) is 5.32 Å². The van der Waals surface area contributed by atoms with Crippen LogP contribution in [0.25, 0.3) is 0 Å². The van der Waals surface area contributed by atoms with Gasteiger partial charge in [0.1, 0.15) is 5.75 Å². The van der Waals surface area contributed by atoms with Crippen molar-refractivity contribution in [3.05, 3.63) is 29.3 Å². The van der Waals surface area contributed by atoms with Crippen LogP contribution in [0.1, 0.15) is 31.4 Å². The molecule has 0 bridgehead atoms. The Morgan fingerprint density at radius 2 is 2.13 bits per heavy atom. The van der Waals surface area contributed by atoms with E-state index in [4.69, 9.17) is 4.74 Å². The second kappa shape index (κ2) is 5.76. The molecule has 2 nitrogen and oxygen atoms in total. The lowest BCUT2D eigenvalue weighted by Gasteiger charge is -2.14. The molecule has 0 saturated carbocycles. The average molecular weight is 207 g/mol. The molecule has 0 aromatic heterocycles.